The maximum Gasteiger partial charge on any atom is 0.277 e. The zero-order valence-electron chi connectivity index (χ0n) is 14.1. The first-order chi connectivity index (χ1) is 12.2. The van der Waals surface area contributed by atoms with Crippen LogP contribution in [-0.2, 0) is 4.79 Å². The van der Waals surface area contributed by atoms with E-state index in [1.807, 2.05) is 0 Å². The molecule has 0 aliphatic rings. The van der Waals surface area contributed by atoms with Crippen molar-refractivity contribution in [1.29, 1.82) is 0 Å². The molecule has 0 radical (unpaired) electrons. The number of nitrogens with zero attached hydrogens (tertiary/aromatic N) is 1. The first-order valence-electron chi connectivity index (χ1n) is 8.14. The molecular formula is C19H22N2O4. The minimum atomic E-state index is -0.394. The smallest absolute Gasteiger partial charge is 0.277 e. The van der Waals surface area contributed by atoms with Crippen LogP contribution < -0.4 is 14.9 Å². The number of rotatable bonds is 9. The van der Waals surface area contributed by atoms with Gasteiger partial charge in [-0.2, -0.15) is 5.10 Å². The second-order valence-electron chi connectivity index (χ2n) is 5.31. The first-order valence-corrected chi connectivity index (χ1v) is 8.14. The van der Waals surface area contributed by atoms with E-state index in [1.54, 1.807) is 48.5 Å². The molecule has 0 aliphatic carbocycles. The molecule has 0 fully saturated rings. The van der Waals surface area contributed by atoms with E-state index in [0.717, 1.165) is 18.6 Å². The van der Waals surface area contributed by atoms with Crippen LogP contribution in [0.2, 0.25) is 0 Å². The third-order valence-electron chi connectivity index (χ3n) is 3.29. The van der Waals surface area contributed by atoms with Crippen LogP contribution in [0.5, 0.6) is 17.2 Å². The number of phenols is 1. The summed E-state index contributed by atoms with van der Waals surface area (Å²) in [6.07, 6.45) is 3.47. The second kappa shape index (κ2) is 9.97. The Morgan fingerprint density at radius 2 is 1.80 bits per heavy atom. The Morgan fingerprint density at radius 1 is 1.12 bits per heavy atom. The van der Waals surface area contributed by atoms with Gasteiger partial charge in [-0.1, -0.05) is 25.5 Å². The summed E-state index contributed by atoms with van der Waals surface area (Å²) in [5.74, 6) is 1.05. The van der Waals surface area contributed by atoms with Crippen LogP contribution in [0.15, 0.2) is 53.6 Å². The third-order valence-corrected chi connectivity index (χ3v) is 3.29. The maximum absolute atomic E-state index is 11.7. The largest absolute Gasteiger partial charge is 0.507 e. The van der Waals surface area contributed by atoms with Crippen molar-refractivity contribution in [2.45, 2.75) is 19.8 Å². The number of hydrogen-bond acceptors (Lipinski definition) is 5. The molecule has 0 saturated carbocycles. The van der Waals surface area contributed by atoms with Crippen LogP contribution in [0.1, 0.15) is 25.3 Å². The number of para-hydroxylation sites is 1. The molecule has 2 N–H and O–H groups in total. The Hall–Kier alpha value is -3.02. The van der Waals surface area contributed by atoms with E-state index in [0.29, 0.717) is 17.9 Å². The number of aromatic hydroxyl groups is 1. The highest BCUT2D eigenvalue weighted by atomic mass is 16.5. The van der Waals surface area contributed by atoms with Crippen molar-refractivity contribution in [2.24, 2.45) is 5.10 Å². The highest BCUT2D eigenvalue weighted by molar-refractivity contribution is 5.85. The maximum atomic E-state index is 11.7. The van der Waals surface area contributed by atoms with Crippen molar-refractivity contribution >= 4 is 12.1 Å². The van der Waals surface area contributed by atoms with Gasteiger partial charge >= 0.3 is 0 Å². The van der Waals surface area contributed by atoms with Gasteiger partial charge in [0.05, 0.1) is 12.8 Å². The number of benzene rings is 2. The highest BCUT2D eigenvalue weighted by Crippen LogP contribution is 2.17. The number of nitrogens with one attached hydrogen (secondary N) is 1. The summed E-state index contributed by atoms with van der Waals surface area (Å²) in [5.41, 5.74) is 2.86. The fourth-order valence-corrected chi connectivity index (χ4v) is 1.92. The second-order valence-corrected chi connectivity index (χ2v) is 5.31. The summed E-state index contributed by atoms with van der Waals surface area (Å²) in [6, 6.07) is 13.8. The number of carbonyl (C=O) groups is 1. The summed E-state index contributed by atoms with van der Waals surface area (Å²) < 4.78 is 10.9. The van der Waals surface area contributed by atoms with E-state index in [4.69, 9.17) is 9.47 Å². The number of ether oxygens (including phenoxy) is 2. The summed E-state index contributed by atoms with van der Waals surface area (Å²) in [5, 5.41) is 13.4. The number of amides is 1. The van der Waals surface area contributed by atoms with Gasteiger partial charge in [0.15, 0.2) is 6.61 Å². The van der Waals surface area contributed by atoms with E-state index in [1.165, 1.54) is 6.21 Å². The molecule has 1 amide bonds. The molecule has 132 valence electrons. The van der Waals surface area contributed by atoms with Crippen molar-refractivity contribution in [1.82, 2.24) is 5.43 Å². The van der Waals surface area contributed by atoms with Gasteiger partial charge in [0.2, 0.25) is 0 Å². The zero-order valence-corrected chi connectivity index (χ0v) is 14.1. The average molecular weight is 342 g/mol. The molecule has 0 spiro atoms. The molecule has 2 aromatic carbocycles. The molecule has 0 saturated heterocycles. The molecule has 2 aromatic rings. The summed E-state index contributed by atoms with van der Waals surface area (Å²) in [7, 11) is 0. The SMILES string of the molecule is CCCCOc1ccc(OCC(=O)NN=Cc2ccccc2O)cc1. The molecule has 0 atom stereocenters. The van der Waals surface area contributed by atoms with Gasteiger partial charge in [-0.15, -0.1) is 0 Å². The fraction of sp³-hybridized carbons (Fsp3) is 0.263. The third kappa shape index (κ3) is 6.55. The highest BCUT2D eigenvalue weighted by Gasteiger charge is 2.02. The van der Waals surface area contributed by atoms with Crippen LogP contribution in [0.3, 0.4) is 0 Å². The van der Waals surface area contributed by atoms with Crippen molar-refractivity contribution in [3.05, 3.63) is 54.1 Å². The molecule has 0 heterocycles. The van der Waals surface area contributed by atoms with Gasteiger partial charge in [0, 0.05) is 5.56 Å². The van der Waals surface area contributed by atoms with E-state index in [2.05, 4.69) is 17.5 Å². The van der Waals surface area contributed by atoms with E-state index in [9.17, 15) is 9.90 Å². The van der Waals surface area contributed by atoms with Gasteiger partial charge in [-0.25, -0.2) is 5.43 Å². The minimum absolute atomic E-state index is 0.0954. The minimum Gasteiger partial charge on any atom is -0.507 e. The van der Waals surface area contributed by atoms with Crippen molar-refractivity contribution < 1.29 is 19.4 Å². The molecule has 25 heavy (non-hydrogen) atoms. The average Bonchev–Trinajstić information content (AvgIpc) is 2.63. The predicted molar refractivity (Wildman–Crippen MR) is 96.2 cm³/mol. The topological polar surface area (TPSA) is 80.2 Å². The molecule has 0 aromatic heterocycles. The number of hydrazone groups is 1. The number of unbranched alkanes of at least 4 members (excludes halogenated alkanes) is 1. The normalized spacial score (nSPS) is 10.6. The number of hydrogen-bond donors (Lipinski definition) is 2. The van der Waals surface area contributed by atoms with Crippen molar-refractivity contribution in [3.63, 3.8) is 0 Å². The van der Waals surface area contributed by atoms with Crippen LogP contribution in [0, 0.1) is 0 Å². The summed E-state index contributed by atoms with van der Waals surface area (Å²) in [6.45, 7) is 2.64. The molecule has 0 aliphatic heterocycles. The van der Waals surface area contributed by atoms with Crippen molar-refractivity contribution in [2.75, 3.05) is 13.2 Å². The van der Waals surface area contributed by atoms with Crippen molar-refractivity contribution in [3.8, 4) is 17.2 Å². The van der Waals surface area contributed by atoms with Gasteiger partial charge in [0.1, 0.15) is 17.2 Å². The van der Waals surface area contributed by atoms with E-state index in [-0.39, 0.29) is 12.4 Å². The molecule has 0 unspecified atom stereocenters. The standard InChI is InChI=1S/C19H22N2O4/c1-2-3-12-24-16-8-10-17(11-9-16)25-14-19(23)21-20-13-15-6-4-5-7-18(15)22/h4-11,13,22H,2-3,12,14H2,1H3,(H,21,23). The molecular weight excluding hydrogens is 320 g/mol. The van der Waals surface area contributed by atoms with Gasteiger partial charge in [-0.05, 0) is 42.8 Å². The Kier molecular flexibility index (Phi) is 7.31. The molecule has 6 nitrogen and oxygen atoms in total. The quantitative estimate of drug-likeness (QED) is 0.417. The van der Waals surface area contributed by atoms with E-state index >= 15 is 0 Å². The van der Waals surface area contributed by atoms with Crippen LogP contribution >= 0.6 is 0 Å². The van der Waals surface area contributed by atoms with Gasteiger partial charge < -0.3 is 14.6 Å². The van der Waals surface area contributed by atoms with E-state index < -0.39 is 5.91 Å². The lowest BCUT2D eigenvalue weighted by Crippen LogP contribution is -2.24. The van der Waals surface area contributed by atoms with Gasteiger partial charge in [0.25, 0.3) is 5.91 Å². The Bertz CT molecular complexity index is 699. The molecule has 0 bridgehead atoms. The van der Waals surface area contributed by atoms with Crippen LogP contribution in [0.4, 0.5) is 0 Å². The summed E-state index contributed by atoms with van der Waals surface area (Å²) in [4.78, 5) is 11.7. The van der Waals surface area contributed by atoms with Gasteiger partial charge in [-0.3, -0.25) is 4.79 Å². The Morgan fingerprint density at radius 3 is 2.48 bits per heavy atom. The lowest BCUT2D eigenvalue weighted by Gasteiger charge is -2.07. The Balaban J connectivity index is 1.73. The molecule has 2 rings (SSSR count). The zero-order chi connectivity index (χ0) is 17.9. The first kappa shape index (κ1) is 18.3. The van der Waals surface area contributed by atoms with Crippen LogP contribution in [-0.4, -0.2) is 30.4 Å². The predicted octanol–water partition coefficient (Wildman–Crippen LogP) is 3.10. The fourth-order valence-electron chi connectivity index (χ4n) is 1.92. The van der Waals surface area contributed by atoms with Crippen LogP contribution in [0.25, 0.3) is 0 Å². The lowest BCUT2D eigenvalue weighted by molar-refractivity contribution is -0.123. The molecule has 6 heteroatoms. The Labute approximate surface area is 147 Å². The lowest BCUT2D eigenvalue weighted by atomic mass is 10.2. The number of phenolic OH excluding ortho intramolecular Hbond substituents is 1. The summed E-state index contributed by atoms with van der Waals surface area (Å²) >= 11 is 0. The number of carbonyl (C=O) groups excluding carboxylic acids is 1. The monoisotopic (exact) mass is 342 g/mol.